The number of benzene rings is 1. The maximum Gasteiger partial charge on any atom is 0.226 e. The number of rotatable bonds is 5. The van der Waals surface area contributed by atoms with Crippen LogP contribution in [0.1, 0.15) is 19.3 Å². The van der Waals surface area contributed by atoms with Crippen LogP contribution in [0.25, 0.3) is 0 Å². The lowest BCUT2D eigenvalue weighted by Crippen LogP contribution is -2.54. The number of morpholine rings is 1. The molecule has 0 bridgehead atoms. The zero-order valence-electron chi connectivity index (χ0n) is 12.9. The maximum atomic E-state index is 12.5. The second-order valence-corrected chi connectivity index (χ2v) is 5.75. The number of ether oxygens (including phenoxy) is 3. The van der Waals surface area contributed by atoms with Crippen molar-refractivity contribution in [1.82, 2.24) is 4.90 Å². The van der Waals surface area contributed by atoms with Crippen molar-refractivity contribution in [2.24, 2.45) is 0 Å². The Balaban J connectivity index is 1.51. The number of amides is 1. The average Bonchev–Trinajstić information content (AvgIpc) is 2.99. The Hall–Kier alpha value is -1.59. The number of para-hydroxylation sites is 1. The molecule has 0 aromatic heterocycles. The Morgan fingerprint density at radius 3 is 2.91 bits per heavy atom. The standard InChI is InChI=1S/C17H23NO4/c1-20-15-8-7-14-17(15)22-12-10-18(14)16(19)9-11-21-13-5-3-2-4-6-13/h2-6,14-15,17H,7-12H2,1H3/t14-,15-,17-/m1/s1. The molecule has 0 unspecified atom stereocenters. The Kier molecular flexibility index (Phi) is 4.95. The summed E-state index contributed by atoms with van der Waals surface area (Å²) in [6.45, 7) is 1.67. The maximum absolute atomic E-state index is 12.5. The van der Waals surface area contributed by atoms with E-state index in [-0.39, 0.29) is 24.2 Å². The third kappa shape index (κ3) is 3.25. The number of hydrogen-bond acceptors (Lipinski definition) is 4. The van der Waals surface area contributed by atoms with Crippen molar-refractivity contribution >= 4 is 5.91 Å². The van der Waals surface area contributed by atoms with Gasteiger partial charge in [-0.25, -0.2) is 0 Å². The van der Waals surface area contributed by atoms with Gasteiger partial charge in [0.05, 0.1) is 31.8 Å². The molecule has 3 atom stereocenters. The van der Waals surface area contributed by atoms with Gasteiger partial charge in [-0.05, 0) is 25.0 Å². The molecule has 0 N–H and O–H groups in total. The molecule has 1 saturated carbocycles. The number of methoxy groups -OCH3 is 1. The van der Waals surface area contributed by atoms with E-state index in [1.807, 2.05) is 35.2 Å². The lowest BCUT2D eigenvalue weighted by atomic mass is 10.1. The molecule has 5 nitrogen and oxygen atoms in total. The molecule has 1 heterocycles. The first-order chi connectivity index (χ1) is 10.8. The van der Waals surface area contributed by atoms with E-state index < -0.39 is 0 Å². The molecule has 3 rings (SSSR count). The third-order valence-electron chi connectivity index (χ3n) is 4.49. The van der Waals surface area contributed by atoms with E-state index in [1.165, 1.54) is 0 Å². The van der Waals surface area contributed by atoms with E-state index in [2.05, 4.69) is 0 Å². The summed E-state index contributed by atoms with van der Waals surface area (Å²) in [7, 11) is 1.71. The predicted molar refractivity (Wildman–Crippen MR) is 81.8 cm³/mol. The molecule has 0 spiro atoms. The van der Waals surface area contributed by atoms with Crippen molar-refractivity contribution in [2.45, 2.75) is 37.5 Å². The van der Waals surface area contributed by atoms with Crippen LogP contribution in [-0.2, 0) is 14.3 Å². The van der Waals surface area contributed by atoms with Gasteiger partial charge in [-0.15, -0.1) is 0 Å². The van der Waals surface area contributed by atoms with Gasteiger partial charge in [0.2, 0.25) is 5.91 Å². The monoisotopic (exact) mass is 305 g/mol. The van der Waals surface area contributed by atoms with Crippen LogP contribution in [0.3, 0.4) is 0 Å². The summed E-state index contributed by atoms with van der Waals surface area (Å²) in [6, 6.07) is 9.74. The number of carbonyl (C=O) groups is 1. The van der Waals surface area contributed by atoms with Crippen molar-refractivity contribution in [3.63, 3.8) is 0 Å². The number of fused-ring (bicyclic) bond motifs is 1. The van der Waals surface area contributed by atoms with E-state index in [0.717, 1.165) is 18.6 Å². The SMILES string of the molecule is CO[C@@H]1CC[C@@H]2[C@H]1OCCN2C(=O)CCOc1ccccc1. The quantitative estimate of drug-likeness (QED) is 0.833. The molecule has 120 valence electrons. The van der Waals surface area contributed by atoms with Crippen LogP contribution in [0, 0.1) is 0 Å². The molecule has 1 amide bonds. The fourth-order valence-corrected chi connectivity index (χ4v) is 3.39. The van der Waals surface area contributed by atoms with Gasteiger partial charge in [-0.1, -0.05) is 18.2 Å². The smallest absolute Gasteiger partial charge is 0.226 e. The van der Waals surface area contributed by atoms with Gasteiger partial charge in [0.25, 0.3) is 0 Å². The summed E-state index contributed by atoms with van der Waals surface area (Å²) in [4.78, 5) is 14.4. The van der Waals surface area contributed by atoms with E-state index >= 15 is 0 Å². The average molecular weight is 305 g/mol. The summed E-state index contributed by atoms with van der Waals surface area (Å²) < 4.78 is 16.9. The molecule has 0 radical (unpaired) electrons. The van der Waals surface area contributed by atoms with E-state index in [4.69, 9.17) is 14.2 Å². The third-order valence-corrected chi connectivity index (χ3v) is 4.49. The van der Waals surface area contributed by atoms with Gasteiger partial charge < -0.3 is 19.1 Å². The van der Waals surface area contributed by atoms with Crippen LogP contribution in [0.15, 0.2) is 30.3 Å². The minimum absolute atomic E-state index is 0.0257. The van der Waals surface area contributed by atoms with E-state index in [9.17, 15) is 4.79 Å². The topological polar surface area (TPSA) is 48.0 Å². The Bertz CT molecular complexity index is 493. The first-order valence-corrected chi connectivity index (χ1v) is 7.91. The largest absolute Gasteiger partial charge is 0.493 e. The van der Waals surface area contributed by atoms with Gasteiger partial charge in [0.1, 0.15) is 11.9 Å². The van der Waals surface area contributed by atoms with Gasteiger partial charge >= 0.3 is 0 Å². The van der Waals surface area contributed by atoms with Crippen molar-refractivity contribution < 1.29 is 19.0 Å². The van der Waals surface area contributed by atoms with Gasteiger partial charge in [-0.2, -0.15) is 0 Å². The van der Waals surface area contributed by atoms with Crippen LogP contribution in [0.2, 0.25) is 0 Å². The first kappa shape index (κ1) is 15.3. The van der Waals surface area contributed by atoms with Crippen LogP contribution < -0.4 is 4.74 Å². The molecule has 1 aromatic rings. The highest BCUT2D eigenvalue weighted by Crippen LogP contribution is 2.32. The molecule has 22 heavy (non-hydrogen) atoms. The second kappa shape index (κ2) is 7.11. The van der Waals surface area contributed by atoms with Crippen LogP contribution in [-0.4, -0.2) is 55.9 Å². The zero-order valence-corrected chi connectivity index (χ0v) is 12.9. The molecule has 2 fully saturated rings. The lowest BCUT2D eigenvalue weighted by molar-refractivity contribution is -0.150. The molecule has 1 saturated heterocycles. The van der Waals surface area contributed by atoms with Crippen LogP contribution in [0.4, 0.5) is 0 Å². The Morgan fingerprint density at radius 2 is 2.14 bits per heavy atom. The summed E-state index contributed by atoms with van der Waals surface area (Å²) in [5.74, 6) is 0.946. The Labute approximate surface area is 131 Å². The summed E-state index contributed by atoms with van der Waals surface area (Å²) >= 11 is 0. The normalized spacial score (nSPS) is 27.5. The van der Waals surface area contributed by atoms with Gasteiger partial charge in [0.15, 0.2) is 0 Å². The van der Waals surface area contributed by atoms with Crippen molar-refractivity contribution in [1.29, 1.82) is 0 Å². The van der Waals surface area contributed by atoms with E-state index in [1.54, 1.807) is 7.11 Å². The molecule has 5 heteroatoms. The molecule has 1 aliphatic heterocycles. The highest BCUT2D eigenvalue weighted by Gasteiger charge is 2.44. The Morgan fingerprint density at radius 1 is 1.32 bits per heavy atom. The first-order valence-electron chi connectivity index (χ1n) is 7.91. The number of nitrogens with zero attached hydrogens (tertiary/aromatic N) is 1. The van der Waals surface area contributed by atoms with Crippen molar-refractivity contribution in [3.8, 4) is 5.75 Å². The fraction of sp³-hybridized carbons (Fsp3) is 0.588. The van der Waals surface area contributed by atoms with Crippen LogP contribution in [0.5, 0.6) is 5.75 Å². The highest BCUT2D eigenvalue weighted by atomic mass is 16.5. The molecule has 1 aromatic carbocycles. The molecular formula is C17H23NO4. The van der Waals surface area contributed by atoms with Crippen molar-refractivity contribution in [3.05, 3.63) is 30.3 Å². The summed E-state index contributed by atoms with van der Waals surface area (Å²) in [6.07, 6.45) is 2.44. The van der Waals surface area contributed by atoms with E-state index in [0.29, 0.717) is 26.2 Å². The van der Waals surface area contributed by atoms with Gasteiger partial charge in [0, 0.05) is 13.7 Å². The fourth-order valence-electron chi connectivity index (χ4n) is 3.39. The highest BCUT2D eigenvalue weighted by molar-refractivity contribution is 5.77. The minimum Gasteiger partial charge on any atom is -0.493 e. The van der Waals surface area contributed by atoms with Crippen molar-refractivity contribution in [2.75, 3.05) is 26.9 Å². The van der Waals surface area contributed by atoms with Crippen LogP contribution >= 0.6 is 0 Å². The van der Waals surface area contributed by atoms with Gasteiger partial charge in [-0.3, -0.25) is 4.79 Å². The summed E-state index contributed by atoms with van der Waals surface area (Å²) in [5.41, 5.74) is 0. The lowest BCUT2D eigenvalue weighted by Gasteiger charge is -2.39. The minimum atomic E-state index is 0.0257. The molecular weight excluding hydrogens is 282 g/mol. The number of hydrogen-bond donors (Lipinski definition) is 0. The second-order valence-electron chi connectivity index (χ2n) is 5.75. The predicted octanol–water partition coefficient (Wildman–Crippen LogP) is 1.86. The molecule has 1 aliphatic carbocycles. The summed E-state index contributed by atoms with van der Waals surface area (Å²) in [5, 5.41) is 0. The number of carbonyl (C=O) groups excluding carboxylic acids is 1. The zero-order chi connectivity index (χ0) is 15.4. The molecule has 2 aliphatic rings.